The number of imidazole rings is 1. The lowest BCUT2D eigenvalue weighted by atomic mass is 9.98. The molecule has 0 bridgehead atoms. The maximum Gasteiger partial charge on any atom is 0.232 e. The van der Waals surface area contributed by atoms with Crippen molar-refractivity contribution in [2.45, 2.75) is 6.42 Å². The monoisotopic (exact) mass is 230 g/mol. The van der Waals surface area contributed by atoms with E-state index in [2.05, 4.69) is 4.98 Å². The average Bonchev–Trinajstić information content (AvgIpc) is 2.72. The fourth-order valence-corrected chi connectivity index (χ4v) is 2.41. The summed E-state index contributed by atoms with van der Waals surface area (Å²) in [5.74, 6) is 0.804. The number of nitrogens with two attached hydrogens (primary N) is 1. The van der Waals surface area contributed by atoms with Crippen molar-refractivity contribution in [3.63, 3.8) is 0 Å². The number of rotatable bonds is 1. The summed E-state index contributed by atoms with van der Waals surface area (Å²) in [6.07, 6.45) is 2.56. The Hall–Kier alpha value is -1.88. The Balaban J connectivity index is 2.22. The fourth-order valence-electron chi connectivity index (χ4n) is 2.41. The van der Waals surface area contributed by atoms with Crippen LogP contribution in [0.3, 0.4) is 0 Å². The van der Waals surface area contributed by atoms with Gasteiger partial charge in [0.25, 0.3) is 0 Å². The van der Waals surface area contributed by atoms with E-state index in [-0.39, 0.29) is 11.8 Å². The van der Waals surface area contributed by atoms with E-state index in [1.807, 2.05) is 28.8 Å². The number of hydrogen-bond acceptors (Lipinski definition) is 3. The van der Waals surface area contributed by atoms with Gasteiger partial charge in [0.15, 0.2) is 0 Å². The smallest absolute Gasteiger partial charge is 0.232 e. The lowest BCUT2D eigenvalue weighted by Crippen LogP contribution is -2.42. The summed E-state index contributed by atoms with van der Waals surface area (Å²) in [5, 5.41) is 0. The number of anilines is 1. The predicted octanol–water partition coefficient (Wildman–Crippen LogP) is 0.428. The highest BCUT2D eigenvalue weighted by Gasteiger charge is 2.33. The van der Waals surface area contributed by atoms with Crippen molar-refractivity contribution in [1.29, 1.82) is 0 Å². The van der Waals surface area contributed by atoms with Gasteiger partial charge in [0.05, 0.1) is 11.6 Å². The Bertz CT molecular complexity index is 589. The van der Waals surface area contributed by atoms with E-state index < -0.39 is 0 Å². The maximum absolute atomic E-state index is 12.1. The molecule has 0 aromatic carbocycles. The second kappa shape index (κ2) is 3.56. The van der Waals surface area contributed by atoms with Crippen LogP contribution in [-0.2, 0) is 11.2 Å². The van der Waals surface area contributed by atoms with Crippen LogP contribution in [0.1, 0.15) is 5.69 Å². The highest BCUT2D eigenvalue weighted by Crippen LogP contribution is 2.29. The molecule has 2 aromatic heterocycles. The molecule has 17 heavy (non-hydrogen) atoms. The quantitative estimate of drug-likeness (QED) is 0.772. The lowest BCUT2D eigenvalue weighted by molar-refractivity contribution is -0.122. The molecule has 5 nitrogen and oxygen atoms in total. The Morgan fingerprint density at radius 2 is 2.35 bits per heavy atom. The molecule has 1 aliphatic heterocycles. The molecule has 1 amide bonds. The van der Waals surface area contributed by atoms with Gasteiger partial charge in [0, 0.05) is 26.2 Å². The maximum atomic E-state index is 12.1. The lowest BCUT2D eigenvalue weighted by Gasteiger charge is -2.28. The first-order chi connectivity index (χ1) is 8.22. The van der Waals surface area contributed by atoms with E-state index in [1.165, 1.54) is 0 Å². The SMILES string of the molecule is CN1C(=O)C(CN)Cc2nc3ccccn3c21. The predicted molar refractivity (Wildman–Crippen MR) is 64.9 cm³/mol. The molecular formula is C12H14N4O. The molecule has 0 aliphatic carbocycles. The molecule has 0 fully saturated rings. The van der Waals surface area contributed by atoms with E-state index >= 15 is 0 Å². The minimum atomic E-state index is -0.141. The second-order valence-electron chi connectivity index (χ2n) is 4.34. The van der Waals surface area contributed by atoms with Gasteiger partial charge in [-0.05, 0) is 12.1 Å². The molecule has 88 valence electrons. The van der Waals surface area contributed by atoms with Crippen LogP contribution in [0.15, 0.2) is 24.4 Å². The molecule has 2 N–H and O–H groups in total. The molecule has 5 heteroatoms. The summed E-state index contributed by atoms with van der Waals surface area (Å²) < 4.78 is 1.94. The number of carbonyl (C=O) groups is 1. The Morgan fingerprint density at radius 1 is 1.53 bits per heavy atom. The fraction of sp³-hybridized carbons (Fsp3) is 0.333. The van der Waals surface area contributed by atoms with Crippen molar-refractivity contribution in [3.8, 4) is 0 Å². The molecule has 1 atom stereocenters. The summed E-state index contributed by atoms with van der Waals surface area (Å²) >= 11 is 0. The Morgan fingerprint density at radius 3 is 3.12 bits per heavy atom. The number of aromatic nitrogens is 2. The molecular weight excluding hydrogens is 216 g/mol. The van der Waals surface area contributed by atoms with Gasteiger partial charge >= 0.3 is 0 Å². The zero-order valence-corrected chi connectivity index (χ0v) is 9.63. The van der Waals surface area contributed by atoms with Gasteiger partial charge in [-0.15, -0.1) is 0 Å². The number of fused-ring (bicyclic) bond motifs is 3. The third-order valence-corrected chi connectivity index (χ3v) is 3.30. The van der Waals surface area contributed by atoms with Crippen LogP contribution in [-0.4, -0.2) is 28.9 Å². The summed E-state index contributed by atoms with van der Waals surface area (Å²) in [4.78, 5) is 18.3. The highest BCUT2D eigenvalue weighted by atomic mass is 16.2. The number of amides is 1. The van der Waals surface area contributed by atoms with Crippen LogP contribution in [0.25, 0.3) is 5.65 Å². The van der Waals surface area contributed by atoms with E-state index in [0.717, 1.165) is 17.2 Å². The first-order valence-corrected chi connectivity index (χ1v) is 5.66. The van der Waals surface area contributed by atoms with Gasteiger partial charge in [0.2, 0.25) is 5.91 Å². The van der Waals surface area contributed by atoms with Gasteiger partial charge in [-0.1, -0.05) is 6.07 Å². The van der Waals surface area contributed by atoms with Crippen LogP contribution in [0.2, 0.25) is 0 Å². The van der Waals surface area contributed by atoms with Crippen molar-refractivity contribution in [2.75, 3.05) is 18.5 Å². The Labute approximate surface area is 98.8 Å². The second-order valence-corrected chi connectivity index (χ2v) is 4.34. The van der Waals surface area contributed by atoms with Crippen molar-refractivity contribution < 1.29 is 4.79 Å². The topological polar surface area (TPSA) is 63.6 Å². The normalized spacial score (nSPS) is 19.8. The first-order valence-electron chi connectivity index (χ1n) is 5.66. The molecule has 3 heterocycles. The molecule has 3 rings (SSSR count). The average molecular weight is 230 g/mol. The van der Waals surface area contributed by atoms with Gasteiger partial charge in [-0.3, -0.25) is 14.1 Å². The minimum absolute atomic E-state index is 0.0747. The molecule has 0 saturated heterocycles. The molecule has 0 radical (unpaired) electrons. The number of carbonyl (C=O) groups excluding carboxylic acids is 1. The largest absolute Gasteiger partial charge is 0.330 e. The number of pyridine rings is 1. The van der Waals surface area contributed by atoms with Crippen molar-refractivity contribution in [2.24, 2.45) is 11.7 Å². The van der Waals surface area contributed by atoms with E-state index in [0.29, 0.717) is 13.0 Å². The summed E-state index contributed by atoms with van der Waals surface area (Å²) in [5.41, 5.74) is 7.45. The molecule has 1 unspecified atom stereocenters. The van der Waals surface area contributed by atoms with Gasteiger partial charge in [-0.25, -0.2) is 4.98 Å². The van der Waals surface area contributed by atoms with Crippen LogP contribution in [0.5, 0.6) is 0 Å². The zero-order valence-electron chi connectivity index (χ0n) is 9.63. The summed E-state index contributed by atoms with van der Waals surface area (Å²) in [7, 11) is 1.78. The number of nitrogens with zero attached hydrogens (tertiary/aromatic N) is 3. The van der Waals surface area contributed by atoms with Crippen LogP contribution < -0.4 is 10.6 Å². The first kappa shape index (κ1) is 10.3. The Kier molecular flexibility index (Phi) is 2.16. The van der Waals surface area contributed by atoms with E-state index in [9.17, 15) is 4.79 Å². The molecule has 0 saturated carbocycles. The highest BCUT2D eigenvalue weighted by molar-refractivity contribution is 5.97. The van der Waals surface area contributed by atoms with Crippen LogP contribution in [0.4, 0.5) is 5.82 Å². The summed E-state index contributed by atoms with van der Waals surface area (Å²) in [6.45, 7) is 0.372. The van der Waals surface area contributed by atoms with Crippen molar-refractivity contribution >= 4 is 17.4 Å². The molecule has 0 spiro atoms. The van der Waals surface area contributed by atoms with Gasteiger partial charge < -0.3 is 5.73 Å². The van der Waals surface area contributed by atoms with Crippen molar-refractivity contribution in [3.05, 3.63) is 30.1 Å². The van der Waals surface area contributed by atoms with Gasteiger partial charge in [0.1, 0.15) is 11.5 Å². The van der Waals surface area contributed by atoms with Gasteiger partial charge in [-0.2, -0.15) is 0 Å². The van der Waals surface area contributed by atoms with E-state index in [1.54, 1.807) is 11.9 Å². The molecule has 2 aromatic rings. The third-order valence-electron chi connectivity index (χ3n) is 3.30. The van der Waals surface area contributed by atoms with Crippen LogP contribution >= 0.6 is 0 Å². The summed E-state index contributed by atoms with van der Waals surface area (Å²) in [6, 6.07) is 5.81. The standard InChI is InChI=1S/C12H14N4O/c1-15-11-9(6-8(7-13)12(15)17)14-10-4-2-3-5-16(10)11/h2-5,8H,6-7,13H2,1H3. The number of hydrogen-bond donors (Lipinski definition) is 1. The zero-order chi connectivity index (χ0) is 12.0. The van der Waals surface area contributed by atoms with Crippen LogP contribution in [0, 0.1) is 5.92 Å². The van der Waals surface area contributed by atoms with Crippen molar-refractivity contribution in [1.82, 2.24) is 9.38 Å². The molecule has 1 aliphatic rings. The minimum Gasteiger partial charge on any atom is -0.330 e. The third kappa shape index (κ3) is 1.36. The van der Waals surface area contributed by atoms with E-state index in [4.69, 9.17) is 5.73 Å².